The average Bonchev–Trinajstić information content (AvgIpc) is 2.99. The highest BCUT2D eigenvalue weighted by molar-refractivity contribution is 5.86. The molecule has 1 aromatic heterocycles. The molecule has 0 bridgehead atoms. The number of carbonyl (C=O) groups is 1. The average molecular weight is 299 g/mol. The standard InChI is InChI=1S/C17H21N3O2/c1-4-15(19-16-8-7-12(2)10-13(16)3)17(21)20-18-11-14-6-5-9-22-14/h5-11,15,19H,4H2,1-3H3,(H,20,21)/b18-11-/t15-/m0/s1. The predicted octanol–water partition coefficient (Wildman–Crippen LogP) is 3.24. The number of amides is 1. The van der Waals surface area contributed by atoms with Crippen LogP contribution in [0.2, 0.25) is 0 Å². The highest BCUT2D eigenvalue weighted by Gasteiger charge is 2.16. The van der Waals surface area contributed by atoms with Crippen molar-refractivity contribution in [1.82, 2.24) is 5.43 Å². The minimum Gasteiger partial charge on any atom is -0.463 e. The lowest BCUT2D eigenvalue weighted by Crippen LogP contribution is -2.37. The largest absolute Gasteiger partial charge is 0.463 e. The number of hydrogen-bond donors (Lipinski definition) is 2. The Labute approximate surface area is 130 Å². The molecule has 0 saturated carbocycles. The third-order valence-corrected chi connectivity index (χ3v) is 3.35. The first-order valence-electron chi connectivity index (χ1n) is 7.30. The van der Waals surface area contributed by atoms with E-state index in [1.54, 1.807) is 18.4 Å². The smallest absolute Gasteiger partial charge is 0.262 e. The summed E-state index contributed by atoms with van der Waals surface area (Å²) in [5, 5.41) is 7.16. The van der Waals surface area contributed by atoms with Gasteiger partial charge in [0.1, 0.15) is 11.8 Å². The topological polar surface area (TPSA) is 66.6 Å². The summed E-state index contributed by atoms with van der Waals surface area (Å²) in [6, 6.07) is 9.29. The molecule has 1 aromatic carbocycles. The minimum atomic E-state index is -0.338. The van der Waals surface area contributed by atoms with E-state index in [0.29, 0.717) is 12.2 Å². The van der Waals surface area contributed by atoms with E-state index < -0.39 is 0 Å². The van der Waals surface area contributed by atoms with Crippen LogP contribution in [-0.4, -0.2) is 18.2 Å². The van der Waals surface area contributed by atoms with Gasteiger partial charge in [0, 0.05) is 5.69 Å². The molecule has 5 heteroatoms. The van der Waals surface area contributed by atoms with Crippen molar-refractivity contribution in [2.45, 2.75) is 33.2 Å². The molecule has 1 amide bonds. The maximum Gasteiger partial charge on any atom is 0.262 e. The number of aryl methyl sites for hydroxylation is 2. The Balaban J connectivity index is 1.96. The maximum atomic E-state index is 12.2. The second-order valence-electron chi connectivity index (χ2n) is 5.17. The van der Waals surface area contributed by atoms with Crippen LogP contribution in [0.5, 0.6) is 0 Å². The number of hydrazone groups is 1. The summed E-state index contributed by atoms with van der Waals surface area (Å²) in [5.74, 6) is 0.418. The predicted molar refractivity (Wildman–Crippen MR) is 88.1 cm³/mol. The van der Waals surface area contributed by atoms with E-state index in [1.807, 2.05) is 32.9 Å². The van der Waals surface area contributed by atoms with Crippen molar-refractivity contribution in [2.24, 2.45) is 5.10 Å². The number of nitrogens with zero attached hydrogens (tertiary/aromatic N) is 1. The Morgan fingerprint density at radius 2 is 2.18 bits per heavy atom. The first-order valence-corrected chi connectivity index (χ1v) is 7.30. The fourth-order valence-corrected chi connectivity index (χ4v) is 2.12. The van der Waals surface area contributed by atoms with Crippen LogP contribution in [0.15, 0.2) is 46.1 Å². The first kappa shape index (κ1) is 15.8. The van der Waals surface area contributed by atoms with Gasteiger partial charge in [0.2, 0.25) is 0 Å². The number of anilines is 1. The Bertz CT molecular complexity index is 648. The summed E-state index contributed by atoms with van der Waals surface area (Å²) in [6.07, 6.45) is 3.69. The van der Waals surface area contributed by atoms with Crippen LogP contribution >= 0.6 is 0 Å². The lowest BCUT2D eigenvalue weighted by Gasteiger charge is -2.18. The molecular weight excluding hydrogens is 278 g/mol. The van der Waals surface area contributed by atoms with E-state index >= 15 is 0 Å². The number of furan rings is 1. The van der Waals surface area contributed by atoms with Crippen molar-refractivity contribution in [3.63, 3.8) is 0 Å². The molecule has 2 aromatic rings. The lowest BCUT2D eigenvalue weighted by molar-refractivity contribution is -0.121. The second-order valence-corrected chi connectivity index (χ2v) is 5.17. The number of benzene rings is 1. The van der Waals surface area contributed by atoms with E-state index in [4.69, 9.17) is 4.42 Å². The molecule has 0 radical (unpaired) electrons. The number of nitrogens with one attached hydrogen (secondary N) is 2. The molecule has 0 fully saturated rings. The molecule has 0 aliphatic rings. The van der Waals surface area contributed by atoms with Gasteiger partial charge in [0.05, 0.1) is 12.5 Å². The third-order valence-electron chi connectivity index (χ3n) is 3.35. The Kier molecular flexibility index (Phi) is 5.36. The zero-order valence-corrected chi connectivity index (χ0v) is 13.1. The van der Waals surface area contributed by atoms with Gasteiger partial charge in [-0.1, -0.05) is 24.6 Å². The van der Waals surface area contributed by atoms with Gasteiger partial charge in [-0.2, -0.15) is 5.10 Å². The van der Waals surface area contributed by atoms with E-state index in [-0.39, 0.29) is 11.9 Å². The van der Waals surface area contributed by atoms with Crippen LogP contribution in [0, 0.1) is 13.8 Å². The summed E-state index contributed by atoms with van der Waals surface area (Å²) in [6.45, 7) is 6.02. The van der Waals surface area contributed by atoms with Gasteiger partial charge in [0.25, 0.3) is 5.91 Å². The molecular formula is C17H21N3O2. The van der Waals surface area contributed by atoms with Crippen LogP contribution < -0.4 is 10.7 Å². The molecule has 0 aliphatic heterocycles. The highest BCUT2D eigenvalue weighted by Crippen LogP contribution is 2.17. The van der Waals surface area contributed by atoms with Gasteiger partial charge in [0.15, 0.2) is 0 Å². The molecule has 2 N–H and O–H groups in total. The van der Waals surface area contributed by atoms with Crippen LogP contribution in [0.1, 0.15) is 30.2 Å². The summed E-state index contributed by atoms with van der Waals surface area (Å²) in [4.78, 5) is 12.2. The summed E-state index contributed by atoms with van der Waals surface area (Å²) < 4.78 is 5.11. The van der Waals surface area contributed by atoms with Crippen molar-refractivity contribution in [2.75, 3.05) is 5.32 Å². The van der Waals surface area contributed by atoms with Crippen molar-refractivity contribution in [3.8, 4) is 0 Å². The first-order chi connectivity index (χ1) is 10.6. The van der Waals surface area contributed by atoms with Gasteiger partial charge in [-0.3, -0.25) is 4.79 Å². The zero-order chi connectivity index (χ0) is 15.9. The van der Waals surface area contributed by atoms with Crippen LogP contribution in [-0.2, 0) is 4.79 Å². The summed E-state index contributed by atoms with van der Waals surface area (Å²) in [5.41, 5.74) is 5.81. The van der Waals surface area contributed by atoms with Crippen LogP contribution in [0.4, 0.5) is 5.69 Å². The van der Waals surface area contributed by atoms with Gasteiger partial charge in [-0.05, 0) is 44.0 Å². The lowest BCUT2D eigenvalue weighted by atomic mass is 10.1. The van der Waals surface area contributed by atoms with Crippen molar-refractivity contribution >= 4 is 17.8 Å². The Morgan fingerprint density at radius 1 is 1.36 bits per heavy atom. The number of rotatable bonds is 6. The van der Waals surface area contributed by atoms with Gasteiger partial charge in [-0.25, -0.2) is 5.43 Å². The van der Waals surface area contributed by atoms with E-state index in [2.05, 4.69) is 21.9 Å². The fraction of sp³-hybridized carbons (Fsp3) is 0.294. The molecule has 116 valence electrons. The van der Waals surface area contributed by atoms with Gasteiger partial charge in [-0.15, -0.1) is 0 Å². The molecule has 2 rings (SSSR count). The molecule has 0 aliphatic carbocycles. The minimum absolute atomic E-state index is 0.176. The van der Waals surface area contributed by atoms with Crippen molar-refractivity contribution < 1.29 is 9.21 Å². The normalized spacial score (nSPS) is 12.3. The van der Waals surface area contributed by atoms with Crippen molar-refractivity contribution in [1.29, 1.82) is 0 Å². The van der Waals surface area contributed by atoms with Crippen LogP contribution in [0.25, 0.3) is 0 Å². The molecule has 0 saturated heterocycles. The fourth-order valence-electron chi connectivity index (χ4n) is 2.12. The van der Waals surface area contributed by atoms with Crippen LogP contribution in [0.3, 0.4) is 0 Å². The number of carbonyl (C=O) groups excluding carboxylic acids is 1. The van der Waals surface area contributed by atoms with Gasteiger partial charge < -0.3 is 9.73 Å². The van der Waals surface area contributed by atoms with E-state index in [1.165, 1.54) is 11.8 Å². The highest BCUT2D eigenvalue weighted by atomic mass is 16.3. The van der Waals surface area contributed by atoms with Gasteiger partial charge >= 0.3 is 0 Å². The monoisotopic (exact) mass is 299 g/mol. The summed E-state index contributed by atoms with van der Waals surface area (Å²) >= 11 is 0. The Morgan fingerprint density at radius 3 is 2.82 bits per heavy atom. The van der Waals surface area contributed by atoms with Crippen molar-refractivity contribution in [3.05, 3.63) is 53.5 Å². The molecule has 22 heavy (non-hydrogen) atoms. The summed E-state index contributed by atoms with van der Waals surface area (Å²) in [7, 11) is 0. The third kappa shape index (κ3) is 4.22. The zero-order valence-electron chi connectivity index (χ0n) is 13.1. The number of hydrogen-bond acceptors (Lipinski definition) is 4. The quantitative estimate of drug-likeness (QED) is 0.635. The molecule has 0 unspecified atom stereocenters. The Hall–Kier alpha value is -2.56. The maximum absolute atomic E-state index is 12.2. The molecule has 1 atom stereocenters. The van der Waals surface area contributed by atoms with E-state index in [0.717, 1.165) is 11.3 Å². The molecule has 5 nitrogen and oxygen atoms in total. The van der Waals surface area contributed by atoms with E-state index in [9.17, 15) is 4.79 Å². The SMILES string of the molecule is CC[C@H](Nc1ccc(C)cc1C)C(=O)N/N=C\c1ccco1. The molecule has 1 heterocycles. The molecule has 0 spiro atoms. The second kappa shape index (κ2) is 7.45.